The van der Waals surface area contributed by atoms with Crippen LogP contribution in [0, 0.1) is 0 Å². The molecule has 9 heteroatoms. The summed E-state index contributed by atoms with van der Waals surface area (Å²) in [7, 11) is 0. The van der Waals surface area contributed by atoms with Gasteiger partial charge in [0.25, 0.3) is 11.8 Å². The third kappa shape index (κ3) is 3.38. The van der Waals surface area contributed by atoms with Crippen molar-refractivity contribution in [3.8, 4) is 11.6 Å². The summed E-state index contributed by atoms with van der Waals surface area (Å²) in [5.41, 5.74) is 0.568. The molecular formula is C14H14F2N4O3. The van der Waals surface area contributed by atoms with Gasteiger partial charge in [-0.05, 0) is 24.3 Å². The molecule has 2 N–H and O–H groups in total. The smallest absolute Gasteiger partial charge is 0.359 e. The SMILES string of the molecule is O=C(O)c1[nH]nnc1Oc1ccc(N2CCC(F)(F)CC2)cc1. The van der Waals surface area contributed by atoms with Crippen LogP contribution in [-0.2, 0) is 0 Å². The summed E-state index contributed by atoms with van der Waals surface area (Å²) in [4.78, 5) is 12.8. The number of piperidine rings is 1. The lowest BCUT2D eigenvalue weighted by molar-refractivity contribution is -0.0220. The second kappa shape index (κ2) is 5.82. The van der Waals surface area contributed by atoms with E-state index in [0.717, 1.165) is 5.69 Å². The number of carboxylic acid groups (broad SMARTS) is 1. The van der Waals surface area contributed by atoms with Crippen molar-refractivity contribution in [1.82, 2.24) is 15.4 Å². The maximum absolute atomic E-state index is 13.2. The number of aromatic amines is 1. The minimum absolute atomic E-state index is 0.136. The molecule has 122 valence electrons. The molecule has 2 aromatic rings. The maximum atomic E-state index is 13.2. The van der Waals surface area contributed by atoms with Crippen molar-refractivity contribution in [3.05, 3.63) is 30.0 Å². The molecule has 23 heavy (non-hydrogen) atoms. The van der Waals surface area contributed by atoms with Crippen LogP contribution in [0.4, 0.5) is 14.5 Å². The molecule has 2 heterocycles. The lowest BCUT2D eigenvalue weighted by Gasteiger charge is -2.33. The molecule has 3 rings (SSSR count). The molecule has 0 unspecified atom stereocenters. The van der Waals surface area contributed by atoms with Crippen LogP contribution < -0.4 is 9.64 Å². The lowest BCUT2D eigenvalue weighted by atomic mass is 10.1. The largest absolute Gasteiger partial charge is 0.476 e. The number of alkyl halides is 2. The van der Waals surface area contributed by atoms with Crippen LogP contribution >= 0.6 is 0 Å². The van der Waals surface area contributed by atoms with Crippen molar-refractivity contribution in [2.24, 2.45) is 0 Å². The average Bonchev–Trinajstić information content (AvgIpc) is 2.97. The van der Waals surface area contributed by atoms with Crippen LogP contribution in [0.3, 0.4) is 0 Å². The number of nitrogens with zero attached hydrogens (tertiary/aromatic N) is 3. The zero-order chi connectivity index (χ0) is 16.4. The first-order valence-electron chi connectivity index (χ1n) is 7.00. The number of ether oxygens (including phenoxy) is 1. The molecule has 1 saturated heterocycles. The summed E-state index contributed by atoms with van der Waals surface area (Å²) >= 11 is 0. The van der Waals surface area contributed by atoms with E-state index in [0.29, 0.717) is 18.8 Å². The number of hydrogen-bond acceptors (Lipinski definition) is 5. The number of rotatable bonds is 4. The third-order valence-corrected chi connectivity index (χ3v) is 3.64. The minimum Gasteiger partial charge on any atom is -0.476 e. The van der Waals surface area contributed by atoms with Gasteiger partial charge in [-0.25, -0.2) is 18.7 Å². The molecule has 0 radical (unpaired) electrons. The van der Waals surface area contributed by atoms with E-state index < -0.39 is 11.9 Å². The first-order valence-corrected chi connectivity index (χ1v) is 7.00. The molecule has 0 atom stereocenters. The molecular weight excluding hydrogens is 310 g/mol. The Labute approximate surface area is 129 Å². The van der Waals surface area contributed by atoms with E-state index in [9.17, 15) is 13.6 Å². The van der Waals surface area contributed by atoms with Gasteiger partial charge in [0, 0.05) is 31.6 Å². The fourth-order valence-electron chi connectivity index (χ4n) is 2.36. The van der Waals surface area contributed by atoms with Crippen LogP contribution in [-0.4, -0.2) is 45.5 Å². The quantitative estimate of drug-likeness (QED) is 0.898. The zero-order valence-electron chi connectivity index (χ0n) is 12.0. The maximum Gasteiger partial charge on any atom is 0.359 e. The fraction of sp³-hybridized carbons (Fsp3) is 0.357. The molecule has 0 aliphatic carbocycles. The first kappa shape index (κ1) is 15.2. The number of H-pyrrole nitrogens is 1. The Morgan fingerprint density at radius 3 is 2.52 bits per heavy atom. The highest BCUT2D eigenvalue weighted by Gasteiger charge is 2.34. The van der Waals surface area contributed by atoms with Crippen molar-refractivity contribution in [3.63, 3.8) is 0 Å². The number of anilines is 1. The van der Waals surface area contributed by atoms with Gasteiger partial charge in [0.05, 0.1) is 0 Å². The average molecular weight is 324 g/mol. The Morgan fingerprint density at radius 2 is 1.91 bits per heavy atom. The van der Waals surface area contributed by atoms with Crippen molar-refractivity contribution < 1.29 is 23.4 Å². The predicted octanol–water partition coefficient (Wildman–Crippen LogP) is 2.53. The second-order valence-electron chi connectivity index (χ2n) is 5.24. The van der Waals surface area contributed by atoms with E-state index in [1.54, 1.807) is 24.3 Å². The molecule has 1 aromatic carbocycles. The summed E-state index contributed by atoms with van der Waals surface area (Å²) in [5.74, 6) is -3.56. The Morgan fingerprint density at radius 1 is 1.26 bits per heavy atom. The van der Waals surface area contributed by atoms with E-state index in [1.807, 2.05) is 4.90 Å². The summed E-state index contributed by atoms with van der Waals surface area (Å²) in [6.45, 7) is 0.583. The molecule has 0 amide bonds. The number of carboxylic acids is 1. The highest BCUT2D eigenvalue weighted by Crippen LogP contribution is 2.31. The molecule has 0 spiro atoms. The van der Waals surface area contributed by atoms with Gasteiger partial charge in [0.1, 0.15) is 5.75 Å². The van der Waals surface area contributed by atoms with Crippen LogP contribution in [0.1, 0.15) is 23.3 Å². The Balaban J connectivity index is 1.68. The molecule has 1 aliphatic heterocycles. The van der Waals surface area contributed by atoms with Crippen molar-refractivity contribution in [2.45, 2.75) is 18.8 Å². The fourth-order valence-corrected chi connectivity index (χ4v) is 2.36. The van der Waals surface area contributed by atoms with Crippen LogP contribution in [0.2, 0.25) is 0 Å². The second-order valence-corrected chi connectivity index (χ2v) is 5.24. The molecule has 0 bridgehead atoms. The number of carbonyl (C=O) groups is 1. The van der Waals surface area contributed by atoms with Crippen LogP contribution in [0.5, 0.6) is 11.6 Å². The minimum atomic E-state index is -2.58. The van der Waals surface area contributed by atoms with Gasteiger partial charge in [0.15, 0.2) is 0 Å². The predicted molar refractivity (Wildman–Crippen MR) is 76.3 cm³/mol. The summed E-state index contributed by atoms with van der Waals surface area (Å²) in [5, 5.41) is 18.1. The summed E-state index contributed by atoms with van der Waals surface area (Å²) in [6, 6.07) is 6.73. The van der Waals surface area contributed by atoms with E-state index in [1.165, 1.54) is 0 Å². The van der Waals surface area contributed by atoms with Gasteiger partial charge in [-0.3, -0.25) is 0 Å². The number of nitrogens with one attached hydrogen (secondary N) is 1. The van der Waals surface area contributed by atoms with Crippen molar-refractivity contribution >= 4 is 11.7 Å². The Bertz CT molecular complexity index is 692. The van der Waals surface area contributed by atoms with E-state index in [-0.39, 0.29) is 24.4 Å². The summed E-state index contributed by atoms with van der Waals surface area (Å²) < 4.78 is 31.7. The lowest BCUT2D eigenvalue weighted by Crippen LogP contribution is -2.39. The van der Waals surface area contributed by atoms with Gasteiger partial charge < -0.3 is 14.7 Å². The number of hydrogen-bond donors (Lipinski definition) is 2. The standard InChI is InChI=1S/C14H14F2N4O3/c15-14(16)5-7-20(8-6-14)9-1-3-10(4-2-9)23-12-11(13(21)22)17-19-18-12/h1-4H,5-8H2,(H,21,22)(H,17,18,19). The zero-order valence-corrected chi connectivity index (χ0v) is 12.0. The van der Waals surface area contributed by atoms with Gasteiger partial charge in [0.2, 0.25) is 5.69 Å². The topological polar surface area (TPSA) is 91.3 Å². The van der Waals surface area contributed by atoms with Crippen molar-refractivity contribution in [2.75, 3.05) is 18.0 Å². The van der Waals surface area contributed by atoms with E-state index >= 15 is 0 Å². The molecule has 1 aromatic heterocycles. The van der Waals surface area contributed by atoms with E-state index in [2.05, 4.69) is 15.4 Å². The van der Waals surface area contributed by atoms with Gasteiger partial charge in [-0.1, -0.05) is 10.3 Å². The highest BCUT2D eigenvalue weighted by molar-refractivity contribution is 5.87. The van der Waals surface area contributed by atoms with Gasteiger partial charge in [-0.2, -0.15) is 0 Å². The Hall–Kier alpha value is -2.71. The van der Waals surface area contributed by atoms with Crippen molar-refractivity contribution in [1.29, 1.82) is 0 Å². The molecule has 1 aliphatic rings. The Kier molecular flexibility index (Phi) is 3.85. The van der Waals surface area contributed by atoms with Gasteiger partial charge >= 0.3 is 5.97 Å². The van der Waals surface area contributed by atoms with Gasteiger partial charge in [-0.15, -0.1) is 0 Å². The molecule has 7 nitrogen and oxygen atoms in total. The first-order chi connectivity index (χ1) is 10.9. The normalized spacial score (nSPS) is 17.0. The van der Waals surface area contributed by atoms with Crippen LogP contribution in [0.25, 0.3) is 0 Å². The third-order valence-electron chi connectivity index (χ3n) is 3.64. The summed E-state index contributed by atoms with van der Waals surface area (Å²) in [6.07, 6.45) is -0.321. The number of benzene rings is 1. The monoisotopic (exact) mass is 324 g/mol. The number of aromatic carboxylic acids is 1. The molecule has 1 fully saturated rings. The highest BCUT2D eigenvalue weighted by atomic mass is 19.3. The molecule has 0 saturated carbocycles. The number of aromatic nitrogens is 3. The van der Waals surface area contributed by atoms with E-state index in [4.69, 9.17) is 9.84 Å². The van der Waals surface area contributed by atoms with Crippen LogP contribution in [0.15, 0.2) is 24.3 Å². The number of halogens is 2.